The van der Waals surface area contributed by atoms with Crippen molar-refractivity contribution < 1.29 is 28.5 Å². The molecule has 0 aromatic heterocycles. The van der Waals surface area contributed by atoms with Crippen LogP contribution in [0.15, 0.2) is 36.4 Å². The molecule has 6 heteroatoms. The van der Waals surface area contributed by atoms with Crippen molar-refractivity contribution in [2.75, 3.05) is 26.4 Å². The van der Waals surface area contributed by atoms with E-state index in [1.807, 2.05) is 38.1 Å². The zero-order chi connectivity index (χ0) is 25.9. The molecule has 194 valence electrons. The highest BCUT2D eigenvalue weighted by Crippen LogP contribution is 2.44. The van der Waals surface area contributed by atoms with Crippen molar-refractivity contribution in [1.29, 1.82) is 0 Å². The van der Waals surface area contributed by atoms with Crippen molar-refractivity contribution in [3.05, 3.63) is 47.5 Å². The second kappa shape index (κ2) is 13.7. The topological polar surface area (TPSA) is 71.1 Å². The number of esters is 2. The van der Waals surface area contributed by atoms with E-state index in [0.29, 0.717) is 24.7 Å². The van der Waals surface area contributed by atoms with E-state index in [2.05, 4.69) is 26.0 Å². The summed E-state index contributed by atoms with van der Waals surface area (Å²) in [6, 6.07) is 12.1. The molecule has 0 atom stereocenters. The predicted molar refractivity (Wildman–Crippen MR) is 143 cm³/mol. The maximum absolute atomic E-state index is 12.3. The van der Waals surface area contributed by atoms with Crippen molar-refractivity contribution in [1.82, 2.24) is 0 Å². The summed E-state index contributed by atoms with van der Waals surface area (Å²) in [6.07, 6.45) is 5.18. The van der Waals surface area contributed by atoms with Crippen molar-refractivity contribution in [3.63, 3.8) is 0 Å². The fraction of sp³-hybridized carbons (Fsp3) is 0.467. The summed E-state index contributed by atoms with van der Waals surface area (Å²) in [5, 5.41) is 3.39. The van der Waals surface area contributed by atoms with E-state index in [9.17, 15) is 9.59 Å². The molecule has 0 heterocycles. The van der Waals surface area contributed by atoms with Gasteiger partial charge >= 0.3 is 11.9 Å². The monoisotopic (exact) mass is 494 g/mol. The Hall–Kier alpha value is -3.28. The zero-order valence-corrected chi connectivity index (χ0v) is 22.0. The number of benzene rings is 3. The zero-order valence-electron chi connectivity index (χ0n) is 22.0. The van der Waals surface area contributed by atoms with E-state index in [1.54, 1.807) is 0 Å². The first-order valence-corrected chi connectivity index (χ1v) is 13.1. The third-order valence-electron chi connectivity index (χ3n) is 6.18. The van der Waals surface area contributed by atoms with Gasteiger partial charge in [-0.05, 0) is 42.9 Å². The average Bonchev–Trinajstić information content (AvgIpc) is 2.90. The molecule has 0 fully saturated rings. The van der Waals surface area contributed by atoms with Gasteiger partial charge in [-0.1, -0.05) is 70.9 Å². The summed E-state index contributed by atoms with van der Waals surface area (Å²) in [7, 11) is 0. The van der Waals surface area contributed by atoms with Gasteiger partial charge in [-0.25, -0.2) is 9.59 Å². The third kappa shape index (κ3) is 6.68. The fourth-order valence-corrected chi connectivity index (χ4v) is 4.14. The van der Waals surface area contributed by atoms with E-state index in [1.165, 1.54) is 0 Å². The lowest BCUT2D eigenvalue weighted by Gasteiger charge is -2.20. The van der Waals surface area contributed by atoms with Crippen molar-refractivity contribution in [3.8, 4) is 11.5 Å². The summed E-state index contributed by atoms with van der Waals surface area (Å²) in [5.74, 6) is 0.471. The van der Waals surface area contributed by atoms with Gasteiger partial charge in [0.15, 0.2) is 13.2 Å². The van der Waals surface area contributed by atoms with Crippen LogP contribution >= 0.6 is 0 Å². The number of rotatable bonds is 14. The first-order valence-electron chi connectivity index (χ1n) is 13.1. The van der Waals surface area contributed by atoms with Gasteiger partial charge in [0.05, 0.1) is 13.2 Å². The summed E-state index contributed by atoms with van der Waals surface area (Å²) < 4.78 is 22.9. The molecule has 0 amide bonds. The molecule has 3 aromatic rings. The van der Waals surface area contributed by atoms with Gasteiger partial charge in [0.1, 0.15) is 11.5 Å². The number of carbonyl (C=O) groups is 2. The molecule has 0 aliphatic rings. The quantitative estimate of drug-likeness (QED) is 0.144. The van der Waals surface area contributed by atoms with Crippen LogP contribution in [-0.4, -0.2) is 38.4 Å². The average molecular weight is 495 g/mol. The van der Waals surface area contributed by atoms with Crippen LogP contribution in [0.2, 0.25) is 0 Å². The normalized spacial score (nSPS) is 11.0. The minimum absolute atomic E-state index is 0.175. The van der Waals surface area contributed by atoms with E-state index in [-0.39, 0.29) is 19.2 Å². The van der Waals surface area contributed by atoms with Crippen LogP contribution < -0.4 is 9.47 Å². The number of hydrogen-bond donors (Lipinski definition) is 0. The van der Waals surface area contributed by atoms with E-state index in [0.717, 1.165) is 71.2 Å². The van der Waals surface area contributed by atoms with Gasteiger partial charge in [0, 0.05) is 21.5 Å². The Morgan fingerprint density at radius 3 is 1.92 bits per heavy atom. The van der Waals surface area contributed by atoms with Crippen molar-refractivity contribution in [2.45, 2.75) is 66.2 Å². The molecule has 36 heavy (non-hydrogen) atoms. The molecule has 0 saturated carbocycles. The van der Waals surface area contributed by atoms with Gasteiger partial charge in [-0.2, -0.15) is 0 Å². The standard InChI is InChI=1S/C30H38O6/c1-5-9-16-33-26(31)19-35-29-24-13-11-12-22(8-4)28(24)30(36-20-27(32)34-17-10-6-2)23-15-14-21(7-3)18-25(23)29/h11-15,18H,5-10,16-17,19-20H2,1-4H3. The fourth-order valence-electron chi connectivity index (χ4n) is 4.14. The van der Waals surface area contributed by atoms with E-state index >= 15 is 0 Å². The van der Waals surface area contributed by atoms with Gasteiger partial charge < -0.3 is 18.9 Å². The van der Waals surface area contributed by atoms with Crippen LogP contribution in [-0.2, 0) is 31.9 Å². The number of fused-ring (bicyclic) bond motifs is 2. The molecule has 0 radical (unpaired) electrons. The first kappa shape index (κ1) is 27.3. The highest BCUT2D eigenvalue weighted by atomic mass is 16.6. The smallest absolute Gasteiger partial charge is 0.344 e. The molecule has 3 rings (SSSR count). The summed E-state index contributed by atoms with van der Waals surface area (Å²) in [4.78, 5) is 24.7. The Bertz CT molecular complexity index is 1180. The van der Waals surface area contributed by atoms with E-state index in [4.69, 9.17) is 18.9 Å². The summed E-state index contributed by atoms with van der Waals surface area (Å²) in [6.45, 7) is 8.70. The highest BCUT2D eigenvalue weighted by Gasteiger charge is 2.20. The van der Waals surface area contributed by atoms with Gasteiger partial charge in [-0.15, -0.1) is 0 Å². The number of carbonyl (C=O) groups excluding carboxylic acids is 2. The summed E-state index contributed by atoms with van der Waals surface area (Å²) in [5.41, 5.74) is 2.20. The molecule has 0 spiro atoms. The second-order valence-electron chi connectivity index (χ2n) is 8.81. The predicted octanol–water partition coefficient (Wildman–Crippen LogP) is 6.56. The Labute approximate surface area is 213 Å². The Morgan fingerprint density at radius 2 is 1.33 bits per heavy atom. The van der Waals surface area contributed by atoms with Gasteiger partial charge in [0.25, 0.3) is 0 Å². The third-order valence-corrected chi connectivity index (χ3v) is 6.18. The van der Waals surface area contributed by atoms with Crippen LogP contribution in [0.1, 0.15) is 64.5 Å². The lowest BCUT2D eigenvalue weighted by atomic mass is 9.94. The molecule has 3 aromatic carbocycles. The van der Waals surface area contributed by atoms with Crippen LogP contribution in [0.5, 0.6) is 11.5 Å². The number of unbranched alkanes of at least 4 members (excludes halogenated alkanes) is 2. The number of aryl methyl sites for hydroxylation is 2. The minimum Gasteiger partial charge on any atom is -0.481 e. The molecule has 0 unspecified atom stereocenters. The highest BCUT2D eigenvalue weighted by molar-refractivity contribution is 6.12. The molecule has 0 aliphatic heterocycles. The Balaban J connectivity index is 2.07. The van der Waals surface area contributed by atoms with Crippen molar-refractivity contribution in [2.24, 2.45) is 0 Å². The molecule has 6 nitrogen and oxygen atoms in total. The maximum Gasteiger partial charge on any atom is 0.344 e. The number of hydrogen-bond acceptors (Lipinski definition) is 6. The number of ether oxygens (including phenoxy) is 4. The molecule has 0 saturated heterocycles. The molecule has 0 N–H and O–H groups in total. The lowest BCUT2D eigenvalue weighted by Crippen LogP contribution is -2.17. The second-order valence-corrected chi connectivity index (χ2v) is 8.81. The van der Waals surface area contributed by atoms with Crippen molar-refractivity contribution >= 4 is 33.5 Å². The van der Waals surface area contributed by atoms with Gasteiger partial charge in [0.2, 0.25) is 0 Å². The van der Waals surface area contributed by atoms with E-state index < -0.39 is 5.97 Å². The Kier molecular flexibility index (Phi) is 10.4. The SMILES string of the molecule is CCCCOC(=O)COc1c2cc(CC)ccc2c(OCC(=O)OCCCC)c2c(CC)cccc12. The van der Waals surface area contributed by atoms with Gasteiger partial charge in [-0.3, -0.25) is 0 Å². The first-order chi connectivity index (χ1) is 17.5. The minimum atomic E-state index is -0.391. The molecular formula is C30H38O6. The van der Waals surface area contributed by atoms with Crippen LogP contribution in [0, 0.1) is 0 Å². The Morgan fingerprint density at radius 1 is 0.694 bits per heavy atom. The molecule has 0 aliphatic carbocycles. The molecular weight excluding hydrogens is 456 g/mol. The lowest BCUT2D eigenvalue weighted by molar-refractivity contribution is -0.146. The largest absolute Gasteiger partial charge is 0.481 e. The summed E-state index contributed by atoms with van der Waals surface area (Å²) >= 11 is 0. The maximum atomic E-state index is 12.3. The van der Waals surface area contributed by atoms with Crippen LogP contribution in [0.25, 0.3) is 21.5 Å². The van der Waals surface area contributed by atoms with Crippen LogP contribution in [0.4, 0.5) is 0 Å². The molecule has 0 bridgehead atoms. The van der Waals surface area contributed by atoms with Crippen LogP contribution in [0.3, 0.4) is 0 Å².